The zero-order valence-electron chi connectivity index (χ0n) is 25.9. The topological polar surface area (TPSA) is 346 Å². The number of halogens is 4. The first-order chi connectivity index (χ1) is 24.2. The van der Waals surface area contributed by atoms with Crippen LogP contribution in [0, 0.1) is 23.3 Å². The normalized spacial score (nSPS) is 21.3. The Labute approximate surface area is 287 Å². The zero-order chi connectivity index (χ0) is 39.0. The third-order valence-electron chi connectivity index (χ3n) is 6.60. The monoisotopic (exact) mass is 814 g/mol. The number of hydrogen-bond acceptors (Lipinski definition) is 15. The third kappa shape index (κ3) is 12.2. The highest BCUT2D eigenvalue weighted by Gasteiger charge is 2.47. The summed E-state index contributed by atoms with van der Waals surface area (Å²) in [6.45, 7) is -1.59. The minimum absolute atomic E-state index is 0.0430. The van der Waals surface area contributed by atoms with Crippen molar-refractivity contribution in [2.75, 3.05) is 18.5 Å². The molecule has 2 aromatic rings. The maximum Gasteiger partial charge on any atom is 0.490 e. The minimum Gasteiger partial charge on any atom is -0.387 e. The molecule has 0 spiro atoms. The number of benzene rings is 1. The summed E-state index contributed by atoms with van der Waals surface area (Å²) in [5.41, 5.74) is 9.74. The average Bonchev–Trinajstić information content (AvgIpc) is 3.30. The van der Waals surface area contributed by atoms with Crippen LogP contribution < -0.4 is 21.9 Å². The molecule has 2 heterocycles. The molecule has 30 heteroatoms. The van der Waals surface area contributed by atoms with Crippen molar-refractivity contribution in [1.29, 1.82) is 0 Å². The molecule has 1 aromatic carbocycles. The van der Waals surface area contributed by atoms with Gasteiger partial charge in [0.05, 0.1) is 6.61 Å². The van der Waals surface area contributed by atoms with Gasteiger partial charge in [-0.15, -0.1) is 0 Å². The van der Waals surface area contributed by atoms with Gasteiger partial charge in [0, 0.05) is 36.2 Å². The number of carbonyl (C=O) groups is 1. The zero-order valence-corrected chi connectivity index (χ0v) is 28.5. The van der Waals surface area contributed by atoms with Crippen LogP contribution in [0.2, 0.25) is 0 Å². The maximum absolute atomic E-state index is 14.0. The largest absolute Gasteiger partial charge is 0.490 e. The fourth-order valence-corrected chi connectivity index (χ4v) is 7.35. The number of nitrogens with one attached hydrogen (secondary N) is 3. The lowest BCUT2D eigenvalue weighted by atomic mass is 10.1. The van der Waals surface area contributed by atoms with Gasteiger partial charge in [0.1, 0.15) is 29.8 Å². The van der Waals surface area contributed by atoms with Gasteiger partial charge in [-0.3, -0.25) is 24.7 Å². The number of hydrazine groups is 1. The number of unbranched alkanes of at least 4 members (excludes halogenated alkanes) is 2. The van der Waals surface area contributed by atoms with Crippen molar-refractivity contribution in [2.24, 2.45) is 5.11 Å². The molecule has 6 atom stereocenters. The van der Waals surface area contributed by atoms with Crippen LogP contribution in [0.15, 0.2) is 22.2 Å². The second kappa shape index (κ2) is 18.2. The van der Waals surface area contributed by atoms with Crippen molar-refractivity contribution >= 4 is 40.9 Å². The number of rotatable bonds is 19. The maximum atomic E-state index is 14.0. The summed E-state index contributed by atoms with van der Waals surface area (Å²) in [6, 6.07) is 1.13. The Hall–Kier alpha value is -3.19. The number of ether oxygens (including phenoxy) is 1. The Morgan fingerprint density at radius 1 is 0.981 bits per heavy atom. The summed E-state index contributed by atoms with van der Waals surface area (Å²) in [5.74, 6) is -7.95. The molecule has 1 aromatic heterocycles. The Balaban J connectivity index is 1.42. The molecule has 1 aliphatic rings. The smallest absolute Gasteiger partial charge is 0.387 e. The highest BCUT2D eigenvalue weighted by Crippen LogP contribution is 2.66. The van der Waals surface area contributed by atoms with Crippen LogP contribution in [0.4, 0.5) is 29.1 Å². The van der Waals surface area contributed by atoms with Crippen LogP contribution in [-0.4, -0.2) is 76.7 Å². The van der Waals surface area contributed by atoms with Gasteiger partial charge in [-0.25, -0.2) is 36.1 Å². The molecule has 9 N–H and O–H groups in total. The standard InChI is InChI=1S/C22H29F4N8O15P3/c23-14-10(15(24)17(26)18(16(14)25)32-33-27)8-29-28-6-3-1-2-4-13(35)30-12-5-7-34(22(38)31-12)21-20(37)19(36)11(47-21)9-46-51(42,43)49-52(44,45)48-50(39,40)41/h5,7,11,19-21,28-29,36-37H,1-4,6,8-9H2,(H,42,43)(H,44,45)(H2,39,40,41)(H,30,31,35,38)/t11-,19-,20-,21-/m1/s1. The quantitative estimate of drug-likeness (QED) is 0.0142. The first kappa shape index (κ1) is 43.2. The number of aliphatic hydroxyl groups excluding tert-OH is 2. The van der Waals surface area contributed by atoms with E-state index in [1.807, 2.05) is 0 Å². The molecule has 1 fully saturated rings. The molecule has 1 saturated heterocycles. The molecule has 52 heavy (non-hydrogen) atoms. The summed E-state index contributed by atoms with van der Waals surface area (Å²) in [4.78, 5) is 66.5. The highest BCUT2D eigenvalue weighted by molar-refractivity contribution is 7.66. The van der Waals surface area contributed by atoms with Gasteiger partial charge in [0.2, 0.25) is 5.91 Å². The van der Waals surface area contributed by atoms with Crippen molar-refractivity contribution < 1.29 is 83.7 Å². The second-order valence-electron chi connectivity index (χ2n) is 10.3. The molecule has 0 radical (unpaired) electrons. The molecule has 23 nitrogen and oxygen atoms in total. The van der Waals surface area contributed by atoms with Crippen LogP contribution in [-0.2, 0) is 42.9 Å². The summed E-state index contributed by atoms with van der Waals surface area (Å²) >= 11 is 0. The Morgan fingerprint density at radius 2 is 1.63 bits per heavy atom. The number of azide groups is 1. The number of anilines is 1. The molecule has 1 aliphatic heterocycles. The van der Waals surface area contributed by atoms with Crippen molar-refractivity contribution in [3.8, 4) is 0 Å². The number of carbonyl (C=O) groups excluding carboxylic acids is 1. The number of aromatic nitrogens is 2. The molecule has 2 unspecified atom stereocenters. The number of aliphatic hydroxyl groups is 2. The van der Waals surface area contributed by atoms with Gasteiger partial charge in [0.15, 0.2) is 29.5 Å². The number of phosphoric acid groups is 3. The molecule has 3 rings (SSSR count). The predicted octanol–water partition coefficient (Wildman–Crippen LogP) is 1.50. The van der Waals surface area contributed by atoms with Crippen molar-refractivity contribution in [2.45, 2.75) is 56.8 Å². The summed E-state index contributed by atoms with van der Waals surface area (Å²) in [6.07, 6.45) is -4.92. The van der Waals surface area contributed by atoms with E-state index in [1.165, 1.54) is 0 Å². The number of amides is 1. The molecule has 0 bridgehead atoms. The van der Waals surface area contributed by atoms with Crippen molar-refractivity contribution in [3.63, 3.8) is 0 Å². The first-order valence-corrected chi connectivity index (χ1v) is 18.7. The lowest BCUT2D eigenvalue weighted by Gasteiger charge is -2.19. The second-order valence-corrected chi connectivity index (χ2v) is 14.8. The van der Waals surface area contributed by atoms with E-state index in [-0.39, 0.29) is 18.8 Å². The van der Waals surface area contributed by atoms with Gasteiger partial charge < -0.3 is 39.8 Å². The summed E-state index contributed by atoms with van der Waals surface area (Å²) in [5, 5.41) is 25.6. The van der Waals surface area contributed by atoms with Crippen LogP contribution in [0.3, 0.4) is 0 Å². The van der Waals surface area contributed by atoms with E-state index in [1.54, 1.807) is 0 Å². The van der Waals surface area contributed by atoms with Gasteiger partial charge in [0.25, 0.3) is 0 Å². The molecular formula is C22H29F4N8O15P3. The van der Waals surface area contributed by atoms with Gasteiger partial charge in [-0.05, 0) is 24.4 Å². The minimum atomic E-state index is -5.82. The van der Waals surface area contributed by atoms with E-state index in [4.69, 9.17) is 20.1 Å². The van der Waals surface area contributed by atoms with Crippen molar-refractivity contribution in [1.82, 2.24) is 20.4 Å². The van der Waals surface area contributed by atoms with Crippen LogP contribution in [0.25, 0.3) is 10.4 Å². The summed E-state index contributed by atoms with van der Waals surface area (Å²) < 4.78 is 107. The van der Waals surface area contributed by atoms with E-state index < -0.39 is 107 Å². The van der Waals surface area contributed by atoms with Gasteiger partial charge in [-0.2, -0.15) is 13.6 Å². The van der Waals surface area contributed by atoms with Gasteiger partial charge >= 0.3 is 29.2 Å². The van der Waals surface area contributed by atoms with E-state index in [0.29, 0.717) is 23.8 Å². The van der Waals surface area contributed by atoms with Gasteiger partial charge in [-0.1, -0.05) is 11.5 Å². The Morgan fingerprint density at radius 3 is 2.23 bits per heavy atom. The predicted molar refractivity (Wildman–Crippen MR) is 161 cm³/mol. The molecule has 1 amide bonds. The number of phosphoric ester groups is 1. The lowest BCUT2D eigenvalue weighted by molar-refractivity contribution is -0.116. The Bertz CT molecular complexity index is 1860. The van der Waals surface area contributed by atoms with E-state index in [2.05, 4.69) is 44.3 Å². The van der Waals surface area contributed by atoms with E-state index in [0.717, 1.165) is 12.3 Å². The molecule has 0 aliphatic carbocycles. The van der Waals surface area contributed by atoms with E-state index in [9.17, 15) is 60.8 Å². The number of nitrogens with zero attached hydrogens (tertiary/aromatic N) is 5. The molecular weight excluding hydrogens is 785 g/mol. The highest BCUT2D eigenvalue weighted by atomic mass is 31.3. The molecule has 0 saturated carbocycles. The number of hydrogen-bond donors (Lipinski definition) is 9. The fraction of sp³-hybridized carbons (Fsp3) is 0.500. The Kier molecular flexibility index (Phi) is 15.1. The van der Waals surface area contributed by atoms with Crippen molar-refractivity contribution in [3.05, 3.63) is 62.0 Å². The average molecular weight is 814 g/mol. The van der Waals surface area contributed by atoms with Crippen LogP contribution >= 0.6 is 23.5 Å². The van der Waals surface area contributed by atoms with E-state index >= 15 is 0 Å². The summed E-state index contributed by atoms with van der Waals surface area (Å²) in [7, 11) is -17.1. The molecule has 290 valence electrons. The lowest BCUT2D eigenvalue weighted by Crippen LogP contribution is -2.36. The van der Waals surface area contributed by atoms with Crippen LogP contribution in [0.5, 0.6) is 0 Å². The first-order valence-electron chi connectivity index (χ1n) is 14.2. The fourth-order valence-electron chi connectivity index (χ4n) is 4.32. The van der Waals surface area contributed by atoms with Crippen LogP contribution in [0.1, 0.15) is 37.5 Å². The SMILES string of the molecule is [N-]=[N+]=Nc1c(F)c(F)c(CNNCCCCCC(=O)Nc2ccn([C@@H]3O[C@H](COP(=O)(O)OP(=O)(O)OP(=O)(O)O)[C@@H](O)[C@H]3O)c(=O)n2)c(F)c1F. The third-order valence-corrected chi connectivity index (χ3v) is 10.4.